The summed E-state index contributed by atoms with van der Waals surface area (Å²) < 4.78 is 5.39. The summed E-state index contributed by atoms with van der Waals surface area (Å²) in [4.78, 5) is 5.25. The van der Waals surface area contributed by atoms with Crippen molar-refractivity contribution in [3.05, 3.63) is 46.1 Å². The van der Waals surface area contributed by atoms with E-state index in [1.54, 1.807) is 18.4 Å². The van der Waals surface area contributed by atoms with E-state index in [1.807, 2.05) is 11.7 Å². The summed E-state index contributed by atoms with van der Waals surface area (Å²) in [6.45, 7) is 2.10. The maximum Gasteiger partial charge on any atom is 0.123 e. The number of allylic oxidation sites excluding steroid dienone is 5. The highest BCUT2D eigenvalue weighted by Crippen LogP contribution is 2.29. The van der Waals surface area contributed by atoms with Gasteiger partial charge in [0.1, 0.15) is 5.76 Å². The number of methoxy groups -OCH3 is 1. The van der Waals surface area contributed by atoms with Gasteiger partial charge >= 0.3 is 0 Å². The van der Waals surface area contributed by atoms with Gasteiger partial charge in [-0.3, -0.25) is 4.98 Å². The van der Waals surface area contributed by atoms with Gasteiger partial charge < -0.3 is 4.74 Å². The summed E-state index contributed by atoms with van der Waals surface area (Å²) in [7, 11) is 1.71. The minimum absolute atomic E-state index is 0.924. The molecule has 1 aromatic rings. The van der Waals surface area contributed by atoms with Crippen LogP contribution in [0.5, 0.6) is 0 Å². The molecular formula is C12H13NOS. The molecule has 0 bridgehead atoms. The van der Waals surface area contributed by atoms with Crippen molar-refractivity contribution in [3.8, 4) is 0 Å². The Morgan fingerprint density at radius 1 is 1.40 bits per heavy atom. The Kier molecular flexibility index (Phi) is 3.02. The van der Waals surface area contributed by atoms with Crippen LogP contribution in [-0.4, -0.2) is 12.1 Å². The topological polar surface area (TPSA) is 22.1 Å². The Balaban J connectivity index is 2.45. The largest absolute Gasteiger partial charge is 0.496 e. The summed E-state index contributed by atoms with van der Waals surface area (Å²) in [5.41, 5.74) is 4.24. The lowest BCUT2D eigenvalue weighted by Crippen LogP contribution is -1.90. The normalized spacial score (nSPS) is 16.3. The third kappa shape index (κ3) is 2.18. The van der Waals surface area contributed by atoms with E-state index in [-0.39, 0.29) is 0 Å². The number of ether oxygens (including phenoxy) is 1. The highest BCUT2D eigenvalue weighted by Gasteiger charge is 2.11. The number of thiazole rings is 1. The smallest absolute Gasteiger partial charge is 0.123 e. The zero-order chi connectivity index (χ0) is 10.7. The first-order valence-electron chi connectivity index (χ1n) is 4.83. The summed E-state index contributed by atoms with van der Waals surface area (Å²) in [5, 5.41) is 0. The predicted molar refractivity (Wildman–Crippen MR) is 63.6 cm³/mol. The van der Waals surface area contributed by atoms with Gasteiger partial charge in [0, 0.05) is 11.8 Å². The zero-order valence-corrected chi connectivity index (χ0v) is 9.67. The van der Waals surface area contributed by atoms with E-state index >= 15 is 0 Å². The molecule has 0 aromatic carbocycles. The molecule has 3 heteroatoms. The van der Waals surface area contributed by atoms with E-state index in [0.717, 1.165) is 22.6 Å². The molecule has 78 valence electrons. The first kappa shape index (κ1) is 10.2. The molecule has 1 heterocycles. The Morgan fingerprint density at radius 3 is 2.93 bits per heavy atom. The van der Waals surface area contributed by atoms with Crippen molar-refractivity contribution in [1.29, 1.82) is 0 Å². The zero-order valence-electron chi connectivity index (χ0n) is 8.86. The van der Waals surface area contributed by atoms with Crippen LogP contribution in [0.15, 0.2) is 41.3 Å². The molecule has 0 N–H and O–H groups in total. The van der Waals surface area contributed by atoms with E-state index in [9.17, 15) is 0 Å². The first-order valence-corrected chi connectivity index (χ1v) is 5.71. The van der Waals surface area contributed by atoms with Crippen molar-refractivity contribution in [1.82, 2.24) is 4.98 Å². The lowest BCUT2D eigenvalue weighted by molar-refractivity contribution is 0.310. The van der Waals surface area contributed by atoms with Crippen LogP contribution in [0.25, 0.3) is 5.57 Å². The van der Waals surface area contributed by atoms with Gasteiger partial charge in [-0.25, -0.2) is 0 Å². The second kappa shape index (κ2) is 4.45. The Morgan fingerprint density at radius 2 is 2.27 bits per heavy atom. The number of rotatable bonds is 2. The van der Waals surface area contributed by atoms with Gasteiger partial charge in [0.25, 0.3) is 0 Å². The lowest BCUT2D eigenvalue weighted by Gasteiger charge is -2.07. The third-order valence-corrected chi connectivity index (χ3v) is 3.10. The number of aromatic nitrogens is 1. The number of hydrogen-bond donors (Lipinski definition) is 0. The maximum atomic E-state index is 5.39. The highest BCUT2D eigenvalue weighted by molar-refractivity contribution is 7.10. The van der Waals surface area contributed by atoms with Gasteiger partial charge in [-0.15, -0.1) is 11.3 Å². The maximum absolute atomic E-state index is 5.39. The van der Waals surface area contributed by atoms with E-state index in [0.29, 0.717) is 0 Å². The quantitative estimate of drug-likeness (QED) is 0.760. The number of nitrogens with zero attached hydrogens (tertiary/aromatic N) is 1. The molecule has 0 aliphatic heterocycles. The van der Waals surface area contributed by atoms with E-state index in [2.05, 4.69) is 30.1 Å². The average Bonchev–Trinajstić information content (AvgIpc) is 2.69. The molecule has 0 radical (unpaired) electrons. The Labute approximate surface area is 93.6 Å². The van der Waals surface area contributed by atoms with Crippen LogP contribution in [-0.2, 0) is 4.74 Å². The van der Waals surface area contributed by atoms with Crippen LogP contribution in [0.3, 0.4) is 0 Å². The predicted octanol–water partition coefficient (Wildman–Crippen LogP) is 3.41. The molecule has 0 atom stereocenters. The van der Waals surface area contributed by atoms with Crippen LogP contribution in [0.4, 0.5) is 0 Å². The number of hydrogen-bond acceptors (Lipinski definition) is 3. The SMILES string of the molecule is COC1=CCC=C(C)C=C1c1cncs1. The fourth-order valence-corrected chi connectivity index (χ4v) is 2.20. The van der Waals surface area contributed by atoms with Crippen LogP contribution >= 0.6 is 11.3 Å². The van der Waals surface area contributed by atoms with E-state index < -0.39 is 0 Å². The molecule has 0 saturated heterocycles. The van der Waals surface area contributed by atoms with Gasteiger partial charge in [-0.2, -0.15) is 0 Å². The Bertz CT molecular complexity index is 426. The lowest BCUT2D eigenvalue weighted by atomic mass is 10.1. The van der Waals surface area contributed by atoms with Gasteiger partial charge in [0.2, 0.25) is 0 Å². The minimum Gasteiger partial charge on any atom is -0.496 e. The molecule has 2 nitrogen and oxygen atoms in total. The fourth-order valence-electron chi connectivity index (χ4n) is 1.55. The average molecular weight is 219 g/mol. The van der Waals surface area contributed by atoms with Crippen LogP contribution in [0, 0.1) is 0 Å². The van der Waals surface area contributed by atoms with Crippen molar-refractivity contribution in [2.24, 2.45) is 0 Å². The summed E-state index contributed by atoms with van der Waals surface area (Å²) in [5.74, 6) is 0.937. The Hall–Kier alpha value is -1.35. The summed E-state index contributed by atoms with van der Waals surface area (Å²) in [6.07, 6.45) is 9.24. The van der Waals surface area contributed by atoms with Crippen LogP contribution < -0.4 is 0 Å². The van der Waals surface area contributed by atoms with Gasteiger partial charge in [-0.1, -0.05) is 11.6 Å². The molecule has 0 unspecified atom stereocenters. The highest BCUT2D eigenvalue weighted by atomic mass is 32.1. The minimum atomic E-state index is 0.924. The van der Waals surface area contributed by atoms with Crippen molar-refractivity contribution >= 4 is 16.9 Å². The molecule has 0 saturated carbocycles. The second-order valence-corrected chi connectivity index (χ2v) is 4.27. The molecule has 1 aliphatic carbocycles. The van der Waals surface area contributed by atoms with Gasteiger partial charge in [0.05, 0.1) is 17.5 Å². The van der Waals surface area contributed by atoms with Crippen molar-refractivity contribution < 1.29 is 4.74 Å². The van der Waals surface area contributed by atoms with Crippen molar-refractivity contribution in [3.63, 3.8) is 0 Å². The molecule has 1 aromatic heterocycles. The monoisotopic (exact) mass is 219 g/mol. The summed E-state index contributed by atoms with van der Waals surface area (Å²) in [6, 6.07) is 0. The van der Waals surface area contributed by atoms with Crippen molar-refractivity contribution in [2.45, 2.75) is 13.3 Å². The standard InChI is InChI=1S/C12H13NOS/c1-9-4-3-5-11(14-2)10(6-9)12-7-13-8-15-12/h4-8H,3H2,1-2H3. The molecule has 0 amide bonds. The van der Waals surface area contributed by atoms with Crippen molar-refractivity contribution in [2.75, 3.05) is 7.11 Å². The fraction of sp³-hybridized carbons (Fsp3) is 0.250. The second-order valence-electron chi connectivity index (χ2n) is 3.38. The van der Waals surface area contributed by atoms with Gasteiger partial charge in [-0.05, 0) is 25.5 Å². The van der Waals surface area contributed by atoms with Gasteiger partial charge in [0.15, 0.2) is 0 Å². The molecule has 2 rings (SSSR count). The molecular weight excluding hydrogens is 206 g/mol. The van der Waals surface area contributed by atoms with Crippen LogP contribution in [0.2, 0.25) is 0 Å². The third-order valence-electron chi connectivity index (χ3n) is 2.30. The molecule has 0 spiro atoms. The molecule has 1 aliphatic rings. The van der Waals surface area contributed by atoms with E-state index in [1.165, 1.54) is 5.57 Å². The molecule has 0 fully saturated rings. The molecule has 15 heavy (non-hydrogen) atoms. The summed E-state index contributed by atoms with van der Waals surface area (Å²) >= 11 is 1.63. The van der Waals surface area contributed by atoms with E-state index in [4.69, 9.17) is 4.74 Å². The van der Waals surface area contributed by atoms with Crippen LogP contribution in [0.1, 0.15) is 18.2 Å². The first-order chi connectivity index (χ1) is 7.31.